The maximum atomic E-state index is 12.6. The molecule has 0 radical (unpaired) electrons. The predicted molar refractivity (Wildman–Crippen MR) is 135 cm³/mol. The molecule has 0 bridgehead atoms. The first-order chi connectivity index (χ1) is 16.8. The first-order valence-electron chi connectivity index (χ1n) is 10.8. The van der Waals surface area contributed by atoms with Crippen molar-refractivity contribution in [2.75, 3.05) is 6.61 Å². The summed E-state index contributed by atoms with van der Waals surface area (Å²) < 4.78 is 8.34. The summed E-state index contributed by atoms with van der Waals surface area (Å²) in [6, 6.07) is 20.3. The monoisotopic (exact) mass is 511 g/mol. The number of aliphatic carboxylic acids is 2. The van der Waals surface area contributed by atoms with Crippen LogP contribution in [0.15, 0.2) is 71.5 Å². The summed E-state index contributed by atoms with van der Waals surface area (Å²) >= 11 is 7.27. The van der Waals surface area contributed by atoms with Gasteiger partial charge in [0.1, 0.15) is 12.4 Å². The molecule has 0 aliphatic heterocycles. The third-order valence-electron chi connectivity index (χ3n) is 5.57. The molecule has 9 heteroatoms. The molecule has 0 aliphatic rings. The van der Waals surface area contributed by atoms with Crippen molar-refractivity contribution < 1.29 is 24.5 Å². The predicted octanol–water partition coefficient (Wildman–Crippen LogP) is 4.71. The Hall–Kier alpha value is -3.62. The average Bonchev–Trinajstić information content (AvgIpc) is 3.12. The molecule has 2 N–H and O–H groups in total. The van der Waals surface area contributed by atoms with Gasteiger partial charge in [-0.1, -0.05) is 53.3 Å². The molecular weight excluding hydrogens is 490 g/mol. The van der Waals surface area contributed by atoms with Crippen LogP contribution in [0.3, 0.4) is 0 Å². The minimum atomic E-state index is -1.49. The highest BCUT2D eigenvalue weighted by Gasteiger charge is 2.25. The van der Waals surface area contributed by atoms with E-state index in [-0.39, 0.29) is 17.9 Å². The van der Waals surface area contributed by atoms with E-state index in [9.17, 15) is 14.4 Å². The number of carboxylic acid groups (broad SMARTS) is 2. The Morgan fingerprint density at radius 3 is 2.31 bits per heavy atom. The molecule has 0 unspecified atom stereocenters. The van der Waals surface area contributed by atoms with Crippen LogP contribution in [0, 0.1) is 5.92 Å². The molecule has 0 saturated heterocycles. The summed E-state index contributed by atoms with van der Waals surface area (Å²) in [4.78, 5) is 34.6. The number of ether oxygens (including phenoxy) is 1. The van der Waals surface area contributed by atoms with Gasteiger partial charge in [0, 0.05) is 5.02 Å². The number of carbonyl (C=O) groups is 2. The molecule has 0 amide bonds. The summed E-state index contributed by atoms with van der Waals surface area (Å²) in [6.07, 6.45) is 0.613. The lowest BCUT2D eigenvalue weighted by Gasteiger charge is -2.10. The number of hydrogen-bond donors (Lipinski definition) is 2. The van der Waals surface area contributed by atoms with Gasteiger partial charge in [0.15, 0.2) is 5.92 Å². The second-order valence-corrected chi connectivity index (χ2v) is 9.48. The number of nitrogens with zero attached hydrogens (tertiary/aromatic N) is 1. The van der Waals surface area contributed by atoms with E-state index in [0.29, 0.717) is 22.9 Å². The lowest BCUT2D eigenvalue weighted by molar-refractivity contribution is -0.154. The van der Waals surface area contributed by atoms with Gasteiger partial charge in [-0.15, -0.1) is 0 Å². The van der Waals surface area contributed by atoms with Gasteiger partial charge in [0.2, 0.25) is 0 Å². The fraction of sp³-hybridized carbons (Fsp3) is 0.192. The van der Waals surface area contributed by atoms with Crippen LogP contribution in [0.4, 0.5) is 0 Å². The molecule has 0 spiro atoms. The van der Waals surface area contributed by atoms with Crippen molar-refractivity contribution >= 4 is 45.1 Å². The highest BCUT2D eigenvalue weighted by Crippen LogP contribution is 2.22. The van der Waals surface area contributed by atoms with Crippen molar-refractivity contribution in [3.63, 3.8) is 0 Å². The van der Waals surface area contributed by atoms with Crippen LogP contribution in [-0.4, -0.2) is 33.3 Å². The number of aromatic nitrogens is 1. The van der Waals surface area contributed by atoms with Gasteiger partial charge in [-0.05, 0) is 65.9 Å². The van der Waals surface area contributed by atoms with E-state index in [1.165, 1.54) is 11.3 Å². The normalized spacial score (nSPS) is 11.1. The van der Waals surface area contributed by atoms with Crippen LogP contribution in [0.2, 0.25) is 5.02 Å². The number of benzene rings is 3. The molecule has 0 aliphatic carbocycles. The van der Waals surface area contributed by atoms with Crippen molar-refractivity contribution in [3.05, 3.63) is 98.1 Å². The number of hydrogen-bond acceptors (Lipinski definition) is 5. The van der Waals surface area contributed by atoms with Crippen LogP contribution in [0.1, 0.15) is 16.7 Å². The third kappa shape index (κ3) is 6.09. The second kappa shape index (κ2) is 10.8. The maximum absolute atomic E-state index is 12.6. The highest BCUT2D eigenvalue weighted by molar-refractivity contribution is 7.16. The minimum absolute atomic E-state index is 0.0627. The van der Waals surface area contributed by atoms with Crippen LogP contribution in [0.5, 0.6) is 5.75 Å². The number of thiazole rings is 1. The number of fused-ring (bicyclic) bond motifs is 1. The van der Waals surface area contributed by atoms with Crippen molar-refractivity contribution in [2.24, 2.45) is 5.92 Å². The topological polar surface area (TPSA) is 106 Å². The van der Waals surface area contributed by atoms with Gasteiger partial charge in [0.25, 0.3) is 0 Å². The molecule has 35 heavy (non-hydrogen) atoms. The van der Waals surface area contributed by atoms with E-state index in [2.05, 4.69) is 0 Å². The molecule has 0 saturated carbocycles. The summed E-state index contributed by atoms with van der Waals surface area (Å²) in [6.45, 7) is 0.635. The molecule has 4 rings (SSSR count). The summed E-state index contributed by atoms with van der Waals surface area (Å²) in [7, 11) is 0. The molecule has 4 aromatic rings. The van der Waals surface area contributed by atoms with E-state index in [1.54, 1.807) is 28.8 Å². The van der Waals surface area contributed by atoms with E-state index in [0.717, 1.165) is 27.8 Å². The van der Waals surface area contributed by atoms with Gasteiger partial charge in [-0.3, -0.25) is 19.0 Å². The van der Waals surface area contributed by atoms with Crippen molar-refractivity contribution in [1.29, 1.82) is 0 Å². The first kappa shape index (κ1) is 24.5. The Balaban J connectivity index is 1.38. The van der Waals surface area contributed by atoms with Crippen molar-refractivity contribution in [1.82, 2.24) is 4.57 Å². The van der Waals surface area contributed by atoms with Crippen LogP contribution in [-0.2, 0) is 29.0 Å². The Morgan fingerprint density at radius 1 is 0.943 bits per heavy atom. The highest BCUT2D eigenvalue weighted by atomic mass is 35.5. The minimum Gasteiger partial charge on any atom is -0.492 e. The molecule has 0 fully saturated rings. The zero-order valence-electron chi connectivity index (χ0n) is 18.5. The van der Waals surface area contributed by atoms with Crippen molar-refractivity contribution in [2.45, 2.75) is 19.4 Å². The molecule has 3 aromatic carbocycles. The summed E-state index contributed by atoms with van der Waals surface area (Å²) in [5.41, 5.74) is 3.63. The maximum Gasteiger partial charge on any atom is 0.318 e. The lowest BCUT2D eigenvalue weighted by atomic mass is 10.00. The van der Waals surface area contributed by atoms with Gasteiger partial charge < -0.3 is 14.9 Å². The van der Waals surface area contributed by atoms with Crippen LogP contribution >= 0.6 is 22.9 Å². The van der Waals surface area contributed by atoms with Crippen LogP contribution in [0.25, 0.3) is 10.2 Å². The summed E-state index contributed by atoms with van der Waals surface area (Å²) in [5, 5.41) is 18.7. The first-order valence-corrected chi connectivity index (χ1v) is 12.0. The van der Waals surface area contributed by atoms with E-state index < -0.39 is 17.9 Å². The standard InChI is InChI=1S/C26H22ClNO6S/c27-19-3-1-2-17(13-19)12-18-6-9-22-23(15-18)35-26(33)28(22)10-11-34-20-7-4-16(5-8-20)14-21(24(29)30)25(31)32/h1-9,13,15,21H,10-12,14H2,(H,29,30)(H,31,32). The molecule has 180 valence electrons. The number of halogens is 1. The fourth-order valence-electron chi connectivity index (χ4n) is 3.81. The molecule has 7 nitrogen and oxygen atoms in total. The van der Waals surface area contributed by atoms with E-state index in [4.69, 9.17) is 26.6 Å². The Labute approximate surface area is 209 Å². The largest absolute Gasteiger partial charge is 0.492 e. The smallest absolute Gasteiger partial charge is 0.318 e. The second-order valence-electron chi connectivity index (χ2n) is 8.05. The molecule has 1 heterocycles. The van der Waals surface area contributed by atoms with Gasteiger partial charge in [-0.2, -0.15) is 0 Å². The number of carboxylic acids is 2. The van der Waals surface area contributed by atoms with E-state index >= 15 is 0 Å². The summed E-state index contributed by atoms with van der Waals surface area (Å²) in [5.74, 6) is -3.69. The molecule has 0 atom stereocenters. The quantitative estimate of drug-likeness (QED) is 0.299. The van der Waals surface area contributed by atoms with Gasteiger partial charge >= 0.3 is 16.8 Å². The average molecular weight is 512 g/mol. The number of rotatable bonds is 10. The van der Waals surface area contributed by atoms with Crippen molar-refractivity contribution in [3.8, 4) is 5.75 Å². The zero-order chi connectivity index (χ0) is 24.9. The van der Waals surface area contributed by atoms with Crippen LogP contribution < -0.4 is 9.61 Å². The zero-order valence-corrected chi connectivity index (χ0v) is 20.1. The van der Waals surface area contributed by atoms with E-state index in [1.807, 2.05) is 42.5 Å². The van der Waals surface area contributed by atoms with Gasteiger partial charge in [0.05, 0.1) is 16.8 Å². The fourth-order valence-corrected chi connectivity index (χ4v) is 5.00. The molecule has 1 aromatic heterocycles. The third-order valence-corrected chi connectivity index (χ3v) is 6.75. The Bertz CT molecular complexity index is 1410. The Morgan fingerprint density at radius 2 is 1.63 bits per heavy atom. The molecular formula is C26H22ClNO6S. The Kier molecular flexibility index (Phi) is 7.53. The lowest BCUT2D eigenvalue weighted by Crippen LogP contribution is -2.25. The SMILES string of the molecule is O=C(O)C(Cc1ccc(OCCn2c(=O)sc3cc(Cc4cccc(Cl)c4)ccc32)cc1)C(=O)O. The van der Waals surface area contributed by atoms with Gasteiger partial charge in [-0.25, -0.2) is 0 Å².